The lowest BCUT2D eigenvalue weighted by molar-refractivity contribution is 0.259. The Morgan fingerprint density at radius 3 is 2.33 bits per heavy atom. The molecule has 1 aliphatic rings. The summed E-state index contributed by atoms with van der Waals surface area (Å²) >= 11 is 0. The molecule has 6 nitrogen and oxygen atoms in total. The van der Waals surface area contributed by atoms with Gasteiger partial charge in [-0.25, -0.2) is 0 Å². The zero-order valence-electron chi connectivity index (χ0n) is 14.1. The van der Waals surface area contributed by atoms with Crippen LogP contribution in [0.5, 0.6) is 11.5 Å². The van der Waals surface area contributed by atoms with Gasteiger partial charge in [-0.05, 0) is 49.8 Å². The third kappa shape index (κ3) is 4.62. The van der Waals surface area contributed by atoms with E-state index in [9.17, 15) is 13.5 Å². The van der Waals surface area contributed by atoms with Crippen LogP contribution in [0.4, 0.5) is 0 Å². The predicted molar refractivity (Wildman–Crippen MR) is 92.9 cm³/mol. The van der Waals surface area contributed by atoms with Gasteiger partial charge in [0, 0.05) is 17.6 Å². The number of nitrogens with zero attached hydrogens (tertiary/aromatic N) is 1. The number of aliphatic hydroxyl groups excluding tert-OH is 1. The van der Waals surface area contributed by atoms with E-state index in [0.717, 1.165) is 23.2 Å². The number of hydrogen-bond acceptors (Lipinski definition) is 6. The Labute approximate surface area is 142 Å². The lowest BCUT2D eigenvalue weighted by Crippen LogP contribution is -2.20. The molecular weight excluding hydrogens is 330 g/mol. The minimum absolute atomic E-state index is 0.135. The highest BCUT2D eigenvalue weighted by Crippen LogP contribution is 2.30. The smallest absolute Gasteiger partial charge is 0.306 e. The molecule has 2 rings (SSSR count). The van der Waals surface area contributed by atoms with Gasteiger partial charge in [-0.15, -0.1) is 0 Å². The van der Waals surface area contributed by atoms with E-state index in [-0.39, 0.29) is 5.75 Å². The number of hydrogen-bond donors (Lipinski definition) is 1. The van der Waals surface area contributed by atoms with Crippen molar-refractivity contribution in [1.82, 2.24) is 4.90 Å². The fraction of sp³-hybridized carbons (Fsp3) is 0.294. The normalized spacial score (nSPS) is 16.1. The molecule has 1 aromatic rings. The van der Waals surface area contributed by atoms with E-state index >= 15 is 0 Å². The Hall–Kier alpha value is -2.25. The van der Waals surface area contributed by atoms with Crippen molar-refractivity contribution in [3.05, 3.63) is 53.5 Å². The Morgan fingerprint density at radius 1 is 1.17 bits per heavy atom. The topological polar surface area (TPSA) is 76.1 Å². The van der Waals surface area contributed by atoms with Crippen LogP contribution in [-0.4, -0.2) is 37.9 Å². The monoisotopic (exact) mass is 351 g/mol. The third-order valence-corrected chi connectivity index (χ3v) is 3.91. The molecule has 0 atom stereocenters. The number of allylic oxidation sites excluding steroid dienone is 2. The maximum atomic E-state index is 11.4. The first-order valence-corrected chi connectivity index (χ1v) is 9.11. The van der Waals surface area contributed by atoms with Crippen molar-refractivity contribution >= 4 is 16.2 Å². The van der Waals surface area contributed by atoms with Crippen LogP contribution in [0.2, 0.25) is 0 Å². The number of aliphatic hydroxyl groups is 1. The summed E-state index contributed by atoms with van der Waals surface area (Å²) < 4.78 is 32.8. The van der Waals surface area contributed by atoms with Gasteiger partial charge in [0.15, 0.2) is 11.5 Å². The minimum atomic E-state index is -3.65. The first-order valence-electron chi connectivity index (χ1n) is 7.29. The Bertz CT molecular complexity index is 788. The molecule has 1 aromatic carbocycles. The molecule has 0 radical (unpaired) electrons. The van der Waals surface area contributed by atoms with Crippen LogP contribution >= 0.6 is 0 Å². The molecule has 0 saturated carbocycles. The van der Waals surface area contributed by atoms with E-state index < -0.39 is 16.2 Å². The quantitative estimate of drug-likeness (QED) is 0.822. The largest absolute Gasteiger partial charge is 0.493 e. The van der Waals surface area contributed by atoms with Crippen molar-refractivity contribution in [1.29, 1.82) is 0 Å². The highest BCUT2D eigenvalue weighted by atomic mass is 32.2. The average Bonchev–Trinajstić information content (AvgIpc) is 2.44. The lowest BCUT2D eigenvalue weighted by atomic mass is 10.1. The van der Waals surface area contributed by atoms with Crippen molar-refractivity contribution in [2.24, 2.45) is 0 Å². The maximum Gasteiger partial charge on any atom is 0.306 e. The second kappa shape index (κ2) is 7.11. The van der Waals surface area contributed by atoms with Gasteiger partial charge in [0.25, 0.3) is 0 Å². The fourth-order valence-corrected chi connectivity index (χ4v) is 2.86. The van der Waals surface area contributed by atoms with Crippen LogP contribution in [-0.2, 0) is 10.1 Å². The number of rotatable bonds is 5. The molecule has 1 N–H and O–H groups in total. The summed E-state index contributed by atoms with van der Waals surface area (Å²) in [4.78, 5) is 1.92. The molecule has 0 amide bonds. The van der Waals surface area contributed by atoms with Crippen LogP contribution in [0.25, 0.3) is 6.08 Å². The zero-order valence-corrected chi connectivity index (χ0v) is 14.9. The highest BCUT2D eigenvalue weighted by molar-refractivity contribution is 7.86. The van der Waals surface area contributed by atoms with E-state index in [4.69, 9.17) is 8.92 Å². The molecule has 0 spiro atoms. The summed E-state index contributed by atoms with van der Waals surface area (Å²) in [5.74, 6) is 0.474. The van der Waals surface area contributed by atoms with Crippen molar-refractivity contribution < 1.29 is 22.4 Å². The molecule has 0 aromatic heterocycles. The van der Waals surface area contributed by atoms with Gasteiger partial charge < -0.3 is 18.9 Å². The maximum absolute atomic E-state index is 11.4. The zero-order chi connectivity index (χ0) is 17.9. The minimum Gasteiger partial charge on any atom is -0.493 e. The first kappa shape index (κ1) is 18.1. The van der Waals surface area contributed by atoms with E-state index in [1.54, 1.807) is 30.4 Å². The molecule has 0 aliphatic carbocycles. The van der Waals surface area contributed by atoms with Crippen molar-refractivity contribution in [2.45, 2.75) is 20.0 Å². The molecule has 1 aliphatic heterocycles. The van der Waals surface area contributed by atoms with Gasteiger partial charge in [-0.1, -0.05) is 6.07 Å². The molecular formula is C17H21NO5S. The Morgan fingerprint density at radius 2 is 1.79 bits per heavy atom. The summed E-state index contributed by atoms with van der Waals surface area (Å²) in [6, 6.07) is 5.03. The second-order valence-corrected chi connectivity index (χ2v) is 7.07. The van der Waals surface area contributed by atoms with Crippen molar-refractivity contribution in [3.8, 4) is 11.5 Å². The summed E-state index contributed by atoms with van der Waals surface area (Å²) in [7, 11) is -2.20. The van der Waals surface area contributed by atoms with Gasteiger partial charge in [-0.3, -0.25) is 0 Å². The molecule has 1 heterocycles. The summed E-state index contributed by atoms with van der Waals surface area (Å²) in [5.41, 5.74) is 2.56. The van der Waals surface area contributed by atoms with Crippen LogP contribution in [0.1, 0.15) is 19.4 Å². The van der Waals surface area contributed by atoms with E-state index in [1.165, 1.54) is 7.11 Å². The summed E-state index contributed by atoms with van der Waals surface area (Å²) in [6.45, 7) is 3.80. The van der Waals surface area contributed by atoms with Crippen LogP contribution in [0.3, 0.4) is 0 Å². The summed E-state index contributed by atoms with van der Waals surface area (Å²) in [5, 5.41) is 9.66. The lowest BCUT2D eigenvalue weighted by Gasteiger charge is -2.27. The SMILES string of the molecule is COc1ccc(/C=C/N2C(C)=CC(O)C=C2C)cc1OS(C)(=O)=O. The van der Waals surface area contributed by atoms with Crippen LogP contribution in [0.15, 0.2) is 47.9 Å². The van der Waals surface area contributed by atoms with Gasteiger partial charge in [0.05, 0.1) is 19.5 Å². The van der Waals surface area contributed by atoms with E-state index in [2.05, 4.69) is 0 Å². The Kier molecular flexibility index (Phi) is 5.36. The molecule has 0 unspecified atom stereocenters. The average molecular weight is 351 g/mol. The molecule has 7 heteroatoms. The van der Waals surface area contributed by atoms with Crippen molar-refractivity contribution in [2.75, 3.05) is 13.4 Å². The molecule has 24 heavy (non-hydrogen) atoms. The third-order valence-electron chi connectivity index (χ3n) is 3.43. The van der Waals surface area contributed by atoms with Gasteiger partial charge in [0.2, 0.25) is 0 Å². The molecule has 0 fully saturated rings. The van der Waals surface area contributed by atoms with Gasteiger partial charge in [-0.2, -0.15) is 8.42 Å². The highest BCUT2D eigenvalue weighted by Gasteiger charge is 2.14. The van der Waals surface area contributed by atoms with Crippen molar-refractivity contribution in [3.63, 3.8) is 0 Å². The standard InChI is InChI=1S/C17H21NO5S/c1-12-9-15(19)10-13(2)18(12)8-7-14-5-6-16(22-3)17(11-14)23-24(4,20)21/h5-11,15,19H,1-4H3/b8-7+. The molecule has 0 saturated heterocycles. The molecule has 130 valence electrons. The van der Waals surface area contributed by atoms with Crippen LogP contribution < -0.4 is 8.92 Å². The fourth-order valence-electron chi connectivity index (χ4n) is 2.40. The van der Waals surface area contributed by atoms with Crippen LogP contribution in [0, 0.1) is 0 Å². The second-order valence-electron chi connectivity index (χ2n) is 5.49. The molecule has 0 bridgehead atoms. The number of benzene rings is 1. The van der Waals surface area contributed by atoms with Gasteiger partial charge >= 0.3 is 10.1 Å². The predicted octanol–water partition coefficient (Wildman–Crippen LogP) is 2.49. The summed E-state index contributed by atoms with van der Waals surface area (Å²) in [6.07, 6.45) is 7.55. The van der Waals surface area contributed by atoms with E-state index in [1.807, 2.05) is 31.0 Å². The number of methoxy groups -OCH3 is 1. The first-order chi connectivity index (χ1) is 11.2. The number of ether oxygens (including phenoxy) is 1. The Balaban J connectivity index is 2.28. The van der Waals surface area contributed by atoms with E-state index in [0.29, 0.717) is 5.75 Å². The van der Waals surface area contributed by atoms with Gasteiger partial charge in [0.1, 0.15) is 0 Å².